The van der Waals surface area contributed by atoms with E-state index in [-0.39, 0.29) is 12.5 Å². The first kappa shape index (κ1) is 17.1. The quantitative estimate of drug-likeness (QED) is 0.699. The van der Waals surface area contributed by atoms with E-state index in [1.54, 1.807) is 33.4 Å². The van der Waals surface area contributed by atoms with Crippen LogP contribution in [0.1, 0.15) is 22.7 Å². The van der Waals surface area contributed by atoms with Crippen LogP contribution in [0.15, 0.2) is 47.8 Å². The van der Waals surface area contributed by atoms with Gasteiger partial charge in [0, 0.05) is 41.5 Å². The average Bonchev–Trinajstić information content (AvgIpc) is 3.34. The summed E-state index contributed by atoms with van der Waals surface area (Å²) in [6, 6.07) is 8.98. The van der Waals surface area contributed by atoms with Crippen molar-refractivity contribution in [3.05, 3.63) is 64.6 Å². The Labute approximate surface area is 159 Å². The molecule has 2 aromatic heterocycles. The van der Waals surface area contributed by atoms with E-state index in [2.05, 4.69) is 15.3 Å². The Hall–Kier alpha value is -2.29. The fourth-order valence-corrected chi connectivity index (χ4v) is 4.02. The summed E-state index contributed by atoms with van der Waals surface area (Å²) in [4.78, 5) is 14.6. The number of nitrogens with zero attached hydrogens (tertiary/aromatic N) is 4. The predicted molar refractivity (Wildman–Crippen MR) is 97.6 cm³/mol. The van der Waals surface area contributed by atoms with Crippen LogP contribution >= 0.6 is 23.5 Å². The smallest absolute Gasteiger partial charge is 0.233 e. The molecule has 4 rings (SSSR count). The van der Waals surface area contributed by atoms with Crippen LogP contribution in [0.2, 0.25) is 5.02 Å². The van der Waals surface area contributed by atoms with Crippen molar-refractivity contribution < 1.29 is 9.90 Å². The van der Waals surface area contributed by atoms with Crippen LogP contribution < -0.4 is 0 Å². The molecule has 1 aliphatic rings. The second-order valence-corrected chi connectivity index (χ2v) is 7.37. The van der Waals surface area contributed by atoms with Gasteiger partial charge >= 0.3 is 0 Å². The topological polar surface area (TPSA) is 87.0 Å². The lowest BCUT2D eigenvalue weighted by Gasteiger charge is -2.22. The van der Waals surface area contributed by atoms with Crippen molar-refractivity contribution in [2.75, 3.05) is 6.61 Å². The molecule has 1 aromatic carbocycles. The minimum absolute atomic E-state index is 0.147. The molecule has 1 unspecified atom stereocenters. The third-order valence-corrected chi connectivity index (χ3v) is 5.44. The van der Waals surface area contributed by atoms with Crippen molar-refractivity contribution in [2.24, 2.45) is 0 Å². The molecule has 0 spiro atoms. The van der Waals surface area contributed by atoms with Gasteiger partial charge in [-0.1, -0.05) is 29.8 Å². The number of hydrogen-bond acceptors (Lipinski definition) is 5. The summed E-state index contributed by atoms with van der Waals surface area (Å²) in [6.07, 6.45) is 3.60. The van der Waals surface area contributed by atoms with Crippen molar-refractivity contribution in [3.63, 3.8) is 0 Å². The normalized spacial score (nSPS) is 14.5. The maximum absolute atomic E-state index is 12.9. The number of nitrogens with one attached hydrogen (secondary N) is 1. The van der Waals surface area contributed by atoms with Gasteiger partial charge in [-0.05, 0) is 17.7 Å². The van der Waals surface area contributed by atoms with E-state index in [1.807, 2.05) is 18.3 Å². The number of H-pyrrole nitrogens is 1. The number of carbonyl (C=O) groups is 1. The number of aliphatic hydroxyl groups is 1. The van der Waals surface area contributed by atoms with Crippen LogP contribution in [0.3, 0.4) is 0 Å². The highest BCUT2D eigenvalue weighted by molar-refractivity contribution is 7.97. The molecular weight excluding hydrogens is 374 g/mol. The van der Waals surface area contributed by atoms with Gasteiger partial charge in [-0.25, -0.2) is 4.09 Å². The highest BCUT2D eigenvalue weighted by Crippen LogP contribution is 2.30. The van der Waals surface area contributed by atoms with Crippen LogP contribution in [0.5, 0.6) is 0 Å². The summed E-state index contributed by atoms with van der Waals surface area (Å²) in [5, 5.41) is 22.4. The highest BCUT2D eigenvalue weighted by atomic mass is 35.5. The summed E-state index contributed by atoms with van der Waals surface area (Å²) in [5.41, 5.74) is 2.51. The molecule has 0 aliphatic carbocycles. The summed E-state index contributed by atoms with van der Waals surface area (Å²) in [6.45, 7) is 0.608. The SMILES string of the molecule is O=C(C(CO)c1ccccc1Cl)N1Cc2cn(Sc3ccn[nH]3)nc2C1. The third kappa shape index (κ3) is 3.23. The summed E-state index contributed by atoms with van der Waals surface area (Å²) < 4.78 is 1.76. The Kier molecular flexibility index (Phi) is 4.71. The van der Waals surface area contributed by atoms with Crippen molar-refractivity contribution in [3.8, 4) is 0 Å². The molecule has 1 amide bonds. The molecule has 7 nitrogen and oxygen atoms in total. The standard InChI is InChI=1S/C17H16ClN5O2S/c18-14-4-2-1-3-12(14)13(10-24)17(25)22-7-11-8-23(21-15(11)9-22)26-16-5-6-19-20-16/h1-6,8,13,24H,7,9-10H2,(H,19,20). The number of aliphatic hydroxyl groups excluding tert-OH is 1. The van der Waals surface area contributed by atoms with Gasteiger partial charge in [0.05, 0.1) is 24.8 Å². The Morgan fingerprint density at radius 3 is 2.88 bits per heavy atom. The number of halogens is 1. The van der Waals surface area contributed by atoms with E-state index in [0.29, 0.717) is 23.7 Å². The lowest BCUT2D eigenvalue weighted by Crippen LogP contribution is -2.33. The van der Waals surface area contributed by atoms with E-state index < -0.39 is 5.92 Å². The Balaban J connectivity index is 1.48. The maximum Gasteiger partial charge on any atom is 0.233 e. The zero-order valence-corrected chi connectivity index (χ0v) is 15.2. The molecule has 9 heteroatoms. The lowest BCUT2D eigenvalue weighted by molar-refractivity contribution is -0.134. The number of carbonyl (C=O) groups excluding carboxylic acids is 1. The largest absolute Gasteiger partial charge is 0.395 e. The number of rotatable bonds is 5. The number of fused-ring (bicyclic) bond motifs is 1. The van der Waals surface area contributed by atoms with Gasteiger partial charge in [-0.3, -0.25) is 9.89 Å². The zero-order chi connectivity index (χ0) is 18.1. The first-order chi connectivity index (χ1) is 12.7. The minimum Gasteiger partial charge on any atom is -0.395 e. The molecule has 134 valence electrons. The minimum atomic E-state index is -0.667. The van der Waals surface area contributed by atoms with Gasteiger partial charge < -0.3 is 10.0 Å². The second-order valence-electron chi connectivity index (χ2n) is 5.97. The van der Waals surface area contributed by atoms with Crippen molar-refractivity contribution in [1.29, 1.82) is 0 Å². The van der Waals surface area contributed by atoms with Gasteiger partial charge in [0.25, 0.3) is 0 Å². The van der Waals surface area contributed by atoms with Gasteiger partial charge in [-0.2, -0.15) is 10.2 Å². The van der Waals surface area contributed by atoms with Gasteiger partial charge in [-0.15, -0.1) is 0 Å². The van der Waals surface area contributed by atoms with Crippen molar-refractivity contribution in [2.45, 2.75) is 24.0 Å². The molecule has 0 fully saturated rings. The molecule has 2 N–H and O–H groups in total. The summed E-state index contributed by atoms with van der Waals surface area (Å²) in [7, 11) is 0. The number of benzene rings is 1. The van der Waals surface area contributed by atoms with Crippen molar-refractivity contribution in [1.82, 2.24) is 24.3 Å². The van der Waals surface area contributed by atoms with Crippen LogP contribution in [-0.4, -0.2) is 41.9 Å². The number of aromatic amines is 1. The van der Waals surface area contributed by atoms with Crippen molar-refractivity contribution >= 4 is 29.5 Å². The van der Waals surface area contributed by atoms with E-state index >= 15 is 0 Å². The van der Waals surface area contributed by atoms with E-state index in [4.69, 9.17) is 11.6 Å². The highest BCUT2D eigenvalue weighted by Gasteiger charge is 2.32. The molecule has 0 radical (unpaired) electrons. The number of amides is 1. The monoisotopic (exact) mass is 389 g/mol. The Morgan fingerprint density at radius 1 is 1.35 bits per heavy atom. The molecule has 0 bridgehead atoms. The third-order valence-electron chi connectivity index (χ3n) is 4.30. The molecule has 1 aliphatic heterocycles. The summed E-state index contributed by atoms with van der Waals surface area (Å²) >= 11 is 7.62. The van der Waals surface area contributed by atoms with Crippen LogP contribution in [-0.2, 0) is 17.9 Å². The van der Waals surface area contributed by atoms with Crippen LogP contribution in [0.4, 0.5) is 0 Å². The lowest BCUT2D eigenvalue weighted by atomic mass is 9.98. The zero-order valence-electron chi connectivity index (χ0n) is 13.7. The van der Waals surface area contributed by atoms with E-state index in [1.165, 1.54) is 11.9 Å². The molecule has 26 heavy (non-hydrogen) atoms. The fraction of sp³-hybridized carbons (Fsp3) is 0.235. The van der Waals surface area contributed by atoms with E-state index in [0.717, 1.165) is 16.3 Å². The van der Waals surface area contributed by atoms with Crippen LogP contribution in [0.25, 0.3) is 0 Å². The number of aromatic nitrogens is 4. The number of hydrogen-bond donors (Lipinski definition) is 2. The molecule has 3 heterocycles. The fourth-order valence-electron chi connectivity index (χ4n) is 3.01. The average molecular weight is 390 g/mol. The molecular formula is C17H16ClN5O2S. The summed E-state index contributed by atoms with van der Waals surface area (Å²) in [5.74, 6) is -0.814. The molecule has 0 saturated carbocycles. The van der Waals surface area contributed by atoms with Gasteiger partial charge in [0.1, 0.15) is 5.03 Å². The van der Waals surface area contributed by atoms with Gasteiger partial charge in [0.15, 0.2) is 0 Å². The maximum atomic E-state index is 12.9. The predicted octanol–water partition coefficient (Wildman–Crippen LogP) is 2.43. The first-order valence-electron chi connectivity index (χ1n) is 8.05. The molecule has 3 aromatic rings. The first-order valence-corrected chi connectivity index (χ1v) is 9.20. The van der Waals surface area contributed by atoms with Gasteiger partial charge in [0.2, 0.25) is 5.91 Å². The van der Waals surface area contributed by atoms with Crippen LogP contribution in [0, 0.1) is 0 Å². The second kappa shape index (κ2) is 7.14. The Morgan fingerprint density at radius 2 is 2.19 bits per heavy atom. The molecule has 0 saturated heterocycles. The molecule has 1 atom stereocenters. The Bertz CT molecular complexity index is 904. The van der Waals surface area contributed by atoms with E-state index in [9.17, 15) is 9.90 Å².